The molecule has 56 valence electrons. The van der Waals surface area contributed by atoms with Gasteiger partial charge in [-0.3, -0.25) is 10.2 Å². The third-order valence-corrected chi connectivity index (χ3v) is 2.08. The van der Waals surface area contributed by atoms with Crippen molar-refractivity contribution in [1.82, 2.24) is 10.4 Å². The number of nitrogens with zero attached hydrogens (tertiary/aromatic N) is 1. The summed E-state index contributed by atoms with van der Waals surface area (Å²) >= 11 is 0. The first-order valence-electron chi connectivity index (χ1n) is 3.39. The maximum Gasteiger partial charge on any atom is 0.179 e. The quantitative estimate of drug-likeness (QED) is 0.460. The van der Waals surface area contributed by atoms with Gasteiger partial charge in [-0.2, -0.15) is 0 Å². The van der Waals surface area contributed by atoms with Gasteiger partial charge < -0.3 is 4.74 Å². The van der Waals surface area contributed by atoms with E-state index in [0.29, 0.717) is 6.61 Å². The molecule has 4 heteroatoms. The number of carbonyl (C=O) groups is 1. The van der Waals surface area contributed by atoms with Crippen LogP contribution in [0.25, 0.3) is 0 Å². The van der Waals surface area contributed by atoms with E-state index in [-0.39, 0.29) is 17.9 Å². The highest BCUT2D eigenvalue weighted by molar-refractivity contribution is 5.87. The summed E-state index contributed by atoms with van der Waals surface area (Å²) < 4.78 is 5.21. The fourth-order valence-corrected chi connectivity index (χ4v) is 1.54. The second-order valence-corrected chi connectivity index (χ2v) is 2.73. The Morgan fingerprint density at radius 3 is 3.30 bits per heavy atom. The molecule has 4 nitrogen and oxygen atoms in total. The molecular weight excluding hydrogens is 132 g/mol. The third-order valence-electron chi connectivity index (χ3n) is 2.08. The highest BCUT2D eigenvalue weighted by Gasteiger charge is 2.42. The van der Waals surface area contributed by atoms with Gasteiger partial charge in [0, 0.05) is 13.6 Å². The lowest BCUT2D eigenvalue weighted by molar-refractivity contribution is -0.121. The predicted molar refractivity (Wildman–Crippen MR) is 34.3 cm³/mol. The third kappa shape index (κ3) is 0.697. The smallest absolute Gasteiger partial charge is 0.179 e. The molecule has 2 unspecified atom stereocenters. The SMILES string of the molecule is CN1NCC2OCC(=O)C21. The first kappa shape index (κ1) is 6.27. The number of Topliss-reactive ketones (excluding diaryl/α,β-unsaturated/α-hetero) is 1. The van der Waals surface area contributed by atoms with Crippen molar-refractivity contribution >= 4 is 5.78 Å². The molecule has 2 rings (SSSR count). The van der Waals surface area contributed by atoms with E-state index in [2.05, 4.69) is 5.43 Å². The number of likely N-dealkylation sites (N-methyl/N-ethyl adjacent to an activating group) is 1. The number of carbonyl (C=O) groups excluding carboxylic acids is 1. The molecule has 1 N–H and O–H groups in total. The van der Waals surface area contributed by atoms with Crippen molar-refractivity contribution in [1.29, 1.82) is 0 Å². The number of hydrazine groups is 1. The molecule has 2 saturated heterocycles. The van der Waals surface area contributed by atoms with E-state index in [9.17, 15) is 4.79 Å². The van der Waals surface area contributed by atoms with E-state index in [4.69, 9.17) is 4.74 Å². The van der Waals surface area contributed by atoms with Gasteiger partial charge in [-0.25, -0.2) is 5.01 Å². The monoisotopic (exact) mass is 142 g/mol. The molecule has 2 aliphatic rings. The van der Waals surface area contributed by atoms with Crippen LogP contribution in [-0.2, 0) is 9.53 Å². The second-order valence-electron chi connectivity index (χ2n) is 2.73. The molecule has 0 aromatic carbocycles. The number of ether oxygens (including phenoxy) is 1. The average Bonchev–Trinajstić information content (AvgIpc) is 2.40. The lowest BCUT2D eigenvalue weighted by Gasteiger charge is -2.13. The van der Waals surface area contributed by atoms with E-state index >= 15 is 0 Å². The Balaban J connectivity index is 2.19. The summed E-state index contributed by atoms with van der Waals surface area (Å²) in [6, 6.07) is -0.0278. The van der Waals surface area contributed by atoms with Crippen molar-refractivity contribution < 1.29 is 9.53 Å². The fourth-order valence-electron chi connectivity index (χ4n) is 1.54. The van der Waals surface area contributed by atoms with Gasteiger partial charge in [0.05, 0.1) is 6.10 Å². The minimum Gasteiger partial charge on any atom is -0.367 e. The van der Waals surface area contributed by atoms with Gasteiger partial charge in [0.1, 0.15) is 12.6 Å². The fraction of sp³-hybridized carbons (Fsp3) is 0.833. The van der Waals surface area contributed by atoms with E-state index in [1.165, 1.54) is 0 Å². The molecule has 2 heterocycles. The Labute approximate surface area is 59.1 Å². The summed E-state index contributed by atoms with van der Waals surface area (Å²) in [5.74, 6) is 0.192. The van der Waals surface area contributed by atoms with Gasteiger partial charge in [-0.15, -0.1) is 0 Å². The first-order valence-corrected chi connectivity index (χ1v) is 3.39. The molecule has 0 aromatic rings. The zero-order chi connectivity index (χ0) is 7.14. The van der Waals surface area contributed by atoms with Crippen molar-refractivity contribution in [2.24, 2.45) is 0 Å². The summed E-state index contributed by atoms with van der Waals surface area (Å²) in [6.45, 7) is 1.06. The summed E-state index contributed by atoms with van der Waals surface area (Å²) in [4.78, 5) is 11.1. The van der Waals surface area contributed by atoms with Crippen molar-refractivity contribution in [2.45, 2.75) is 12.1 Å². The van der Waals surface area contributed by atoms with Gasteiger partial charge in [-0.1, -0.05) is 0 Å². The first-order chi connectivity index (χ1) is 4.79. The van der Waals surface area contributed by atoms with Gasteiger partial charge in [-0.05, 0) is 0 Å². The molecule has 2 atom stereocenters. The molecule has 0 aromatic heterocycles. The van der Waals surface area contributed by atoms with Crippen molar-refractivity contribution in [3.05, 3.63) is 0 Å². The number of hydrogen-bond donors (Lipinski definition) is 1. The van der Waals surface area contributed by atoms with Crippen LogP contribution in [0.2, 0.25) is 0 Å². The van der Waals surface area contributed by atoms with Crippen LogP contribution in [0, 0.1) is 0 Å². The van der Waals surface area contributed by atoms with Crippen LogP contribution in [0.5, 0.6) is 0 Å². The Morgan fingerprint density at radius 2 is 2.60 bits per heavy atom. The van der Waals surface area contributed by atoms with Gasteiger partial charge >= 0.3 is 0 Å². The van der Waals surface area contributed by atoms with Crippen LogP contribution in [-0.4, -0.2) is 43.1 Å². The predicted octanol–water partition coefficient (Wildman–Crippen LogP) is -1.23. The highest BCUT2D eigenvalue weighted by Crippen LogP contribution is 2.18. The van der Waals surface area contributed by atoms with Crippen molar-refractivity contribution in [2.75, 3.05) is 20.2 Å². The van der Waals surface area contributed by atoms with Crippen molar-refractivity contribution in [3.63, 3.8) is 0 Å². The van der Waals surface area contributed by atoms with Crippen LogP contribution in [0.15, 0.2) is 0 Å². The molecule has 0 bridgehead atoms. The minimum atomic E-state index is -0.0278. The minimum absolute atomic E-state index is 0.0278. The summed E-state index contributed by atoms with van der Waals surface area (Å²) in [5.41, 5.74) is 3.04. The van der Waals surface area contributed by atoms with Crippen LogP contribution < -0.4 is 5.43 Å². The molecule has 0 amide bonds. The average molecular weight is 142 g/mol. The lowest BCUT2D eigenvalue weighted by Crippen LogP contribution is -2.38. The normalized spacial score (nSPS) is 40.7. The summed E-state index contributed by atoms with van der Waals surface area (Å²) in [7, 11) is 1.87. The van der Waals surface area contributed by atoms with E-state index < -0.39 is 0 Å². The second kappa shape index (κ2) is 2.02. The van der Waals surface area contributed by atoms with E-state index in [1.807, 2.05) is 12.1 Å². The molecule has 2 aliphatic heterocycles. The number of nitrogens with one attached hydrogen (secondary N) is 1. The topological polar surface area (TPSA) is 41.6 Å². The highest BCUT2D eigenvalue weighted by atomic mass is 16.5. The van der Waals surface area contributed by atoms with Crippen LogP contribution in [0.3, 0.4) is 0 Å². The molecule has 0 aliphatic carbocycles. The van der Waals surface area contributed by atoms with Gasteiger partial charge in [0.25, 0.3) is 0 Å². The Morgan fingerprint density at radius 1 is 1.80 bits per heavy atom. The molecule has 2 fully saturated rings. The standard InChI is InChI=1S/C6H10N2O2/c1-8-6-4(9)3-10-5(6)2-7-8/h5-7H,2-3H2,1H3. The number of hydrogen-bond acceptors (Lipinski definition) is 4. The molecular formula is C6H10N2O2. The number of fused-ring (bicyclic) bond motifs is 1. The maximum absolute atomic E-state index is 11.1. The summed E-state index contributed by atoms with van der Waals surface area (Å²) in [6.07, 6.45) is 0.0949. The van der Waals surface area contributed by atoms with Crippen molar-refractivity contribution in [3.8, 4) is 0 Å². The van der Waals surface area contributed by atoms with Gasteiger partial charge in [0.15, 0.2) is 5.78 Å². The van der Waals surface area contributed by atoms with Crippen LogP contribution in [0.4, 0.5) is 0 Å². The zero-order valence-corrected chi connectivity index (χ0v) is 5.83. The number of rotatable bonds is 0. The van der Waals surface area contributed by atoms with E-state index in [1.54, 1.807) is 0 Å². The van der Waals surface area contributed by atoms with Crippen LogP contribution >= 0.6 is 0 Å². The Kier molecular flexibility index (Phi) is 1.26. The van der Waals surface area contributed by atoms with Gasteiger partial charge in [0.2, 0.25) is 0 Å². The molecule has 0 spiro atoms. The maximum atomic E-state index is 11.1. The molecule has 10 heavy (non-hydrogen) atoms. The lowest BCUT2D eigenvalue weighted by atomic mass is 10.1. The number of ketones is 1. The molecule has 0 saturated carbocycles. The Bertz CT molecular complexity index is 171. The largest absolute Gasteiger partial charge is 0.367 e. The summed E-state index contributed by atoms with van der Waals surface area (Å²) in [5, 5.41) is 1.83. The van der Waals surface area contributed by atoms with E-state index in [0.717, 1.165) is 6.54 Å². The molecule has 0 radical (unpaired) electrons. The zero-order valence-electron chi connectivity index (χ0n) is 5.83. The van der Waals surface area contributed by atoms with Crippen LogP contribution in [0.1, 0.15) is 0 Å². The Hall–Kier alpha value is -0.450.